The van der Waals surface area contributed by atoms with Crippen LogP contribution in [0.25, 0.3) is 0 Å². The number of hydrogen-bond donors (Lipinski definition) is 3. The van der Waals surface area contributed by atoms with Crippen molar-refractivity contribution < 1.29 is 27.9 Å². The van der Waals surface area contributed by atoms with Gasteiger partial charge in [0.15, 0.2) is 0 Å². The molecule has 5 nitrogen and oxygen atoms in total. The van der Waals surface area contributed by atoms with Crippen LogP contribution < -0.4 is 10.6 Å². The maximum Gasteiger partial charge on any atom is 0.423 e. The highest BCUT2D eigenvalue weighted by Crippen LogP contribution is 2.38. The summed E-state index contributed by atoms with van der Waals surface area (Å²) >= 11 is 0. The lowest BCUT2D eigenvalue weighted by atomic mass is 9.93. The Kier molecular flexibility index (Phi) is 5.90. The van der Waals surface area contributed by atoms with E-state index in [4.69, 9.17) is 0 Å². The number of anilines is 1. The summed E-state index contributed by atoms with van der Waals surface area (Å²) in [7, 11) is 0. The minimum Gasteiger partial charge on any atom is -0.375 e. The predicted molar refractivity (Wildman–Crippen MR) is 93.9 cm³/mol. The summed E-state index contributed by atoms with van der Waals surface area (Å²) in [6, 6.07) is 11.3. The van der Waals surface area contributed by atoms with Crippen molar-refractivity contribution in [2.24, 2.45) is 0 Å². The van der Waals surface area contributed by atoms with Crippen LogP contribution in [0.4, 0.5) is 18.9 Å². The van der Waals surface area contributed by atoms with Crippen LogP contribution in [-0.4, -0.2) is 29.6 Å². The standard InChI is InChI=1S/C19H19F3N2O3/c1-12-8-9-15(10-13(12)2)24-17(26)16(25)23-11-18(27,19(20,21)22)14-6-4-3-5-7-14/h3-10,27H,11H2,1-2H3,(H,23,25)(H,24,26). The van der Waals surface area contributed by atoms with Gasteiger partial charge in [-0.1, -0.05) is 36.4 Å². The van der Waals surface area contributed by atoms with Gasteiger partial charge in [0.05, 0.1) is 6.54 Å². The van der Waals surface area contributed by atoms with E-state index >= 15 is 0 Å². The SMILES string of the molecule is Cc1ccc(NC(=O)C(=O)NCC(O)(c2ccccc2)C(F)(F)F)cc1C. The van der Waals surface area contributed by atoms with Gasteiger partial charge in [0, 0.05) is 5.69 Å². The molecule has 0 aliphatic heterocycles. The number of aliphatic hydroxyl groups is 1. The first-order valence-corrected chi connectivity index (χ1v) is 8.05. The van der Waals surface area contributed by atoms with Gasteiger partial charge in [0.1, 0.15) is 0 Å². The Hall–Kier alpha value is -2.87. The highest BCUT2D eigenvalue weighted by molar-refractivity contribution is 6.39. The normalized spacial score (nSPS) is 13.6. The molecule has 0 saturated heterocycles. The van der Waals surface area contributed by atoms with Crippen LogP contribution in [0.3, 0.4) is 0 Å². The number of hydrogen-bond acceptors (Lipinski definition) is 3. The Morgan fingerprint density at radius 3 is 2.15 bits per heavy atom. The Morgan fingerprint density at radius 2 is 1.59 bits per heavy atom. The number of alkyl halides is 3. The second kappa shape index (κ2) is 7.79. The first kappa shape index (κ1) is 20.4. The van der Waals surface area contributed by atoms with Crippen molar-refractivity contribution in [2.45, 2.75) is 25.6 Å². The Balaban J connectivity index is 2.09. The maximum absolute atomic E-state index is 13.4. The van der Waals surface area contributed by atoms with Gasteiger partial charge in [-0.05, 0) is 42.7 Å². The summed E-state index contributed by atoms with van der Waals surface area (Å²) in [6.07, 6.45) is -5.05. The van der Waals surface area contributed by atoms with Crippen LogP contribution in [0, 0.1) is 13.8 Å². The molecule has 0 aliphatic rings. The van der Waals surface area contributed by atoms with Crippen molar-refractivity contribution in [1.82, 2.24) is 5.32 Å². The van der Waals surface area contributed by atoms with Crippen molar-refractivity contribution in [3.63, 3.8) is 0 Å². The zero-order valence-electron chi connectivity index (χ0n) is 14.7. The van der Waals surface area contributed by atoms with Crippen LogP contribution in [0.15, 0.2) is 48.5 Å². The van der Waals surface area contributed by atoms with Crippen molar-refractivity contribution in [2.75, 3.05) is 11.9 Å². The van der Waals surface area contributed by atoms with E-state index < -0.39 is 35.7 Å². The smallest absolute Gasteiger partial charge is 0.375 e. The van der Waals surface area contributed by atoms with E-state index in [1.807, 2.05) is 19.2 Å². The van der Waals surface area contributed by atoms with Crippen LogP contribution in [-0.2, 0) is 15.2 Å². The summed E-state index contributed by atoms with van der Waals surface area (Å²) in [6.45, 7) is 2.49. The predicted octanol–water partition coefficient (Wildman–Crippen LogP) is 2.81. The fraction of sp³-hybridized carbons (Fsp3) is 0.263. The lowest BCUT2D eigenvalue weighted by Crippen LogP contribution is -2.52. The van der Waals surface area contributed by atoms with Crippen LogP contribution >= 0.6 is 0 Å². The van der Waals surface area contributed by atoms with Crippen LogP contribution in [0.1, 0.15) is 16.7 Å². The van der Waals surface area contributed by atoms with E-state index in [0.717, 1.165) is 23.3 Å². The molecule has 0 spiro atoms. The third-order valence-corrected chi connectivity index (χ3v) is 4.20. The molecule has 1 atom stereocenters. The molecule has 144 valence electrons. The third-order valence-electron chi connectivity index (χ3n) is 4.20. The van der Waals surface area contributed by atoms with E-state index in [0.29, 0.717) is 5.69 Å². The molecule has 3 N–H and O–H groups in total. The minimum absolute atomic E-state index is 0.340. The van der Waals surface area contributed by atoms with Gasteiger partial charge < -0.3 is 15.7 Å². The molecule has 0 aliphatic carbocycles. The molecule has 0 heterocycles. The first-order chi connectivity index (χ1) is 12.5. The number of carbonyl (C=O) groups excluding carboxylic acids is 2. The molecule has 1 unspecified atom stereocenters. The lowest BCUT2D eigenvalue weighted by molar-refractivity contribution is -0.264. The molecule has 2 aromatic carbocycles. The van der Waals surface area contributed by atoms with E-state index in [9.17, 15) is 27.9 Å². The van der Waals surface area contributed by atoms with Crippen molar-refractivity contribution in [3.05, 3.63) is 65.2 Å². The zero-order chi connectivity index (χ0) is 20.2. The number of aryl methyl sites for hydroxylation is 2. The Labute approximate surface area is 154 Å². The highest BCUT2D eigenvalue weighted by atomic mass is 19.4. The van der Waals surface area contributed by atoms with Gasteiger partial charge in [-0.3, -0.25) is 9.59 Å². The summed E-state index contributed by atoms with van der Waals surface area (Å²) in [4.78, 5) is 23.8. The van der Waals surface area contributed by atoms with Gasteiger partial charge in [0.2, 0.25) is 5.60 Å². The molecule has 0 bridgehead atoms. The summed E-state index contributed by atoms with van der Waals surface area (Å²) in [5, 5.41) is 14.3. The zero-order valence-corrected chi connectivity index (χ0v) is 14.7. The highest BCUT2D eigenvalue weighted by Gasteiger charge is 2.55. The van der Waals surface area contributed by atoms with E-state index in [2.05, 4.69) is 5.32 Å². The van der Waals surface area contributed by atoms with Gasteiger partial charge in [-0.25, -0.2) is 0 Å². The topological polar surface area (TPSA) is 78.4 Å². The number of halogens is 3. The maximum atomic E-state index is 13.4. The monoisotopic (exact) mass is 380 g/mol. The molecule has 2 aromatic rings. The average molecular weight is 380 g/mol. The summed E-state index contributed by atoms with van der Waals surface area (Å²) in [5.74, 6) is -2.41. The number of carbonyl (C=O) groups is 2. The number of nitrogens with one attached hydrogen (secondary N) is 2. The quantitative estimate of drug-likeness (QED) is 0.714. The second-order valence-electron chi connectivity index (χ2n) is 6.16. The lowest BCUT2D eigenvalue weighted by Gasteiger charge is -2.31. The summed E-state index contributed by atoms with van der Waals surface area (Å²) < 4.78 is 40.1. The molecule has 0 aromatic heterocycles. The molecular weight excluding hydrogens is 361 g/mol. The van der Waals surface area contributed by atoms with Gasteiger partial charge >= 0.3 is 18.0 Å². The number of benzene rings is 2. The molecule has 0 saturated carbocycles. The van der Waals surface area contributed by atoms with Gasteiger partial charge in [-0.2, -0.15) is 13.2 Å². The van der Waals surface area contributed by atoms with Crippen molar-refractivity contribution >= 4 is 17.5 Å². The van der Waals surface area contributed by atoms with E-state index in [-0.39, 0.29) is 0 Å². The van der Waals surface area contributed by atoms with Crippen LogP contribution in [0.2, 0.25) is 0 Å². The molecule has 8 heteroatoms. The van der Waals surface area contributed by atoms with Crippen molar-refractivity contribution in [3.8, 4) is 0 Å². The van der Waals surface area contributed by atoms with Crippen LogP contribution in [0.5, 0.6) is 0 Å². The second-order valence-corrected chi connectivity index (χ2v) is 6.16. The minimum atomic E-state index is -5.05. The Morgan fingerprint density at radius 1 is 0.963 bits per heavy atom. The van der Waals surface area contributed by atoms with E-state index in [1.54, 1.807) is 18.2 Å². The third kappa shape index (κ3) is 4.65. The van der Waals surface area contributed by atoms with Crippen molar-refractivity contribution in [1.29, 1.82) is 0 Å². The molecule has 27 heavy (non-hydrogen) atoms. The van der Waals surface area contributed by atoms with Gasteiger partial charge in [0.25, 0.3) is 0 Å². The molecule has 0 fully saturated rings. The van der Waals surface area contributed by atoms with Gasteiger partial charge in [-0.15, -0.1) is 0 Å². The largest absolute Gasteiger partial charge is 0.423 e. The summed E-state index contributed by atoms with van der Waals surface area (Å²) in [5.41, 5.74) is -1.55. The number of rotatable bonds is 4. The molecule has 0 radical (unpaired) electrons. The molecule has 2 amide bonds. The Bertz CT molecular complexity index is 838. The first-order valence-electron chi connectivity index (χ1n) is 8.05. The average Bonchev–Trinajstić information content (AvgIpc) is 2.62. The fourth-order valence-corrected chi connectivity index (χ4v) is 2.38. The fourth-order valence-electron chi connectivity index (χ4n) is 2.38. The molecular formula is C19H19F3N2O3. The molecule has 2 rings (SSSR count). The van der Waals surface area contributed by atoms with E-state index in [1.165, 1.54) is 18.2 Å². The number of amides is 2.